The van der Waals surface area contributed by atoms with Crippen molar-refractivity contribution in [1.82, 2.24) is 19.4 Å². The molecule has 3 heterocycles. The molecule has 5 aromatic rings. The number of nitrogen functional groups attached to an aromatic ring is 1. The Morgan fingerprint density at radius 2 is 1.77 bits per heavy atom. The molecule has 6 rings (SSSR count). The summed E-state index contributed by atoms with van der Waals surface area (Å²) in [6, 6.07) is 20.2. The standard InChI is InChI=1S/C32H29F3N6O2/c1-40-12-10-25(11-13-40)43-28-8-7-23(16-26(28)32(33,34)35)31(42)39-24-4-2-3-21(15-24)22-6-5-20-9-14-41(27(20)17-22)30-18-29(36)37-19-38-30/h2-9,14-19,25H,10-13H2,1H3,(H,39,42)(H2,36,37,38). The number of rotatable bonds is 6. The quantitative estimate of drug-likeness (QED) is 0.239. The van der Waals surface area contributed by atoms with E-state index in [0.717, 1.165) is 41.2 Å². The number of nitrogens with zero attached hydrogens (tertiary/aromatic N) is 4. The molecular weight excluding hydrogens is 557 g/mol. The molecule has 0 bridgehead atoms. The van der Waals surface area contributed by atoms with Gasteiger partial charge in [-0.3, -0.25) is 4.79 Å². The lowest BCUT2D eigenvalue weighted by Crippen LogP contribution is -2.36. The third-order valence-corrected chi connectivity index (χ3v) is 7.57. The van der Waals surface area contributed by atoms with Crippen LogP contribution in [-0.2, 0) is 6.18 Å². The van der Waals surface area contributed by atoms with E-state index in [9.17, 15) is 18.0 Å². The van der Waals surface area contributed by atoms with Crippen LogP contribution < -0.4 is 15.8 Å². The van der Waals surface area contributed by atoms with E-state index in [2.05, 4.69) is 20.2 Å². The second-order valence-corrected chi connectivity index (χ2v) is 10.6. The molecule has 3 aromatic carbocycles. The van der Waals surface area contributed by atoms with Crippen LogP contribution in [0.25, 0.3) is 27.8 Å². The number of anilines is 2. The van der Waals surface area contributed by atoms with Crippen LogP contribution in [0.3, 0.4) is 0 Å². The largest absolute Gasteiger partial charge is 0.490 e. The van der Waals surface area contributed by atoms with Crippen LogP contribution in [0.4, 0.5) is 24.7 Å². The summed E-state index contributed by atoms with van der Waals surface area (Å²) >= 11 is 0. The first-order valence-electron chi connectivity index (χ1n) is 13.8. The predicted molar refractivity (Wildman–Crippen MR) is 159 cm³/mol. The van der Waals surface area contributed by atoms with E-state index >= 15 is 0 Å². The average molecular weight is 587 g/mol. The van der Waals surface area contributed by atoms with Gasteiger partial charge in [0.2, 0.25) is 0 Å². The number of alkyl halides is 3. The molecule has 1 fully saturated rings. The number of ether oxygens (including phenoxy) is 1. The van der Waals surface area contributed by atoms with Crippen LogP contribution in [0.2, 0.25) is 0 Å². The first kappa shape index (κ1) is 28.2. The van der Waals surface area contributed by atoms with Gasteiger partial charge in [-0.1, -0.05) is 24.3 Å². The summed E-state index contributed by atoms with van der Waals surface area (Å²) in [6.45, 7) is 1.51. The van der Waals surface area contributed by atoms with Crippen molar-refractivity contribution in [2.45, 2.75) is 25.1 Å². The van der Waals surface area contributed by atoms with Crippen molar-refractivity contribution in [3.63, 3.8) is 0 Å². The van der Waals surface area contributed by atoms with Crippen molar-refractivity contribution in [3.8, 4) is 22.7 Å². The third-order valence-electron chi connectivity index (χ3n) is 7.57. The number of hydrogen-bond donors (Lipinski definition) is 2. The predicted octanol–water partition coefficient (Wildman–Crippen LogP) is 6.41. The van der Waals surface area contributed by atoms with Crippen LogP contribution >= 0.6 is 0 Å². The second-order valence-electron chi connectivity index (χ2n) is 10.6. The zero-order chi connectivity index (χ0) is 30.1. The summed E-state index contributed by atoms with van der Waals surface area (Å²) < 4.78 is 49.6. The van der Waals surface area contributed by atoms with Crippen molar-refractivity contribution < 1.29 is 22.7 Å². The van der Waals surface area contributed by atoms with E-state index < -0.39 is 17.6 Å². The SMILES string of the molecule is CN1CCC(Oc2ccc(C(=O)Nc3cccc(-c4ccc5ccn(-c6cc(N)ncn6)c5c4)c3)cc2C(F)(F)F)CC1. The molecule has 0 aliphatic carbocycles. The highest BCUT2D eigenvalue weighted by atomic mass is 19.4. The molecule has 0 unspecified atom stereocenters. The Morgan fingerprint density at radius 1 is 0.977 bits per heavy atom. The van der Waals surface area contributed by atoms with Crippen molar-refractivity contribution in [1.29, 1.82) is 0 Å². The molecule has 0 spiro atoms. The van der Waals surface area contributed by atoms with Gasteiger partial charge in [0, 0.05) is 42.0 Å². The molecule has 1 amide bonds. The van der Waals surface area contributed by atoms with Gasteiger partial charge < -0.3 is 25.3 Å². The fourth-order valence-electron chi connectivity index (χ4n) is 5.26. The molecule has 43 heavy (non-hydrogen) atoms. The minimum Gasteiger partial charge on any atom is -0.490 e. The van der Waals surface area contributed by atoms with E-state index in [0.29, 0.717) is 30.2 Å². The fraction of sp³-hybridized carbons (Fsp3) is 0.219. The smallest absolute Gasteiger partial charge is 0.419 e. The number of benzene rings is 3. The molecule has 0 saturated carbocycles. The molecule has 3 N–H and O–H groups in total. The zero-order valence-electron chi connectivity index (χ0n) is 23.3. The van der Waals surface area contributed by atoms with Gasteiger partial charge in [-0.05, 0) is 73.5 Å². The van der Waals surface area contributed by atoms with Crippen molar-refractivity contribution in [3.05, 3.63) is 96.4 Å². The lowest BCUT2D eigenvalue weighted by Gasteiger charge is -2.30. The number of carbonyl (C=O) groups is 1. The first-order chi connectivity index (χ1) is 20.6. The topological polar surface area (TPSA) is 98.3 Å². The Bertz CT molecular complexity index is 1790. The van der Waals surface area contributed by atoms with Gasteiger partial charge >= 0.3 is 6.18 Å². The molecule has 2 aromatic heterocycles. The third kappa shape index (κ3) is 6.17. The van der Waals surface area contributed by atoms with Crippen LogP contribution in [0.5, 0.6) is 5.75 Å². The average Bonchev–Trinajstić information content (AvgIpc) is 3.41. The molecule has 1 saturated heterocycles. The Morgan fingerprint density at radius 3 is 2.53 bits per heavy atom. The normalized spacial score (nSPS) is 14.6. The van der Waals surface area contributed by atoms with E-state index in [1.165, 1.54) is 18.5 Å². The summed E-state index contributed by atoms with van der Waals surface area (Å²) in [5.41, 5.74) is 7.80. The lowest BCUT2D eigenvalue weighted by atomic mass is 10.0. The monoisotopic (exact) mass is 586 g/mol. The van der Waals surface area contributed by atoms with Crippen LogP contribution in [0, 0.1) is 0 Å². The Balaban J connectivity index is 1.23. The van der Waals surface area contributed by atoms with Gasteiger partial charge in [-0.15, -0.1) is 0 Å². The summed E-state index contributed by atoms with van der Waals surface area (Å²) in [5, 5.41) is 3.73. The number of nitrogens with one attached hydrogen (secondary N) is 1. The molecule has 0 atom stereocenters. The summed E-state index contributed by atoms with van der Waals surface area (Å²) in [6.07, 6.45) is -0.404. The molecular formula is C32H29F3N6O2. The molecule has 1 aliphatic heterocycles. The molecule has 11 heteroatoms. The highest BCUT2D eigenvalue weighted by Crippen LogP contribution is 2.38. The molecule has 1 aliphatic rings. The van der Waals surface area contributed by atoms with Gasteiger partial charge in [0.15, 0.2) is 0 Å². The lowest BCUT2D eigenvalue weighted by molar-refractivity contribution is -0.139. The molecule has 8 nitrogen and oxygen atoms in total. The van der Waals surface area contributed by atoms with E-state index in [1.807, 2.05) is 48.1 Å². The molecule has 0 radical (unpaired) electrons. The number of nitrogens with two attached hydrogens (primary N) is 1. The van der Waals surface area contributed by atoms with Crippen molar-refractivity contribution in [2.24, 2.45) is 0 Å². The number of fused-ring (bicyclic) bond motifs is 1. The van der Waals surface area contributed by atoms with Crippen LogP contribution in [0.15, 0.2) is 85.3 Å². The van der Waals surface area contributed by atoms with Gasteiger partial charge in [0.1, 0.15) is 29.8 Å². The zero-order valence-corrected chi connectivity index (χ0v) is 23.3. The van der Waals surface area contributed by atoms with Crippen molar-refractivity contribution in [2.75, 3.05) is 31.2 Å². The Kier molecular flexibility index (Phi) is 7.49. The summed E-state index contributed by atoms with van der Waals surface area (Å²) in [7, 11) is 1.97. The van der Waals surface area contributed by atoms with E-state index in [4.69, 9.17) is 10.5 Å². The van der Waals surface area contributed by atoms with Crippen LogP contribution in [0.1, 0.15) is 28.8 Å². The van der Waals surface area contributed by atoms with E-state index in [-0.39, 0.29) is 17.4 Å². The summed E-state index contributed by atoms with van der Waals surface area (Å²) in [4.78, 5) is 23.5. The number of likely N-dealkylation sites (tertiary alicyclic amines) is 1. The maximum atomic E-state index is 14.0. The minimum atomic E-state index is -4.68. The number of carbonyl (C=O) groups excluding carboxylic acids is 1. The Hall–Kier alpha value is -4.90. The van der Waals surface area contributed by atoms with Crippen LogP contribution in [-0.4, -0.2) is 51.6 Å². The van der Waals surface area contributed by atoms with Gasteiger partial charge in [-0.25, -0.2) is 9.97 Å². The number of piperidine rings is 1. The van der Waals surface area contributed by atoms with Gasteiger partial charge in [-0.2, -0.15) is 13.2 Å². The molecule has 220 valence electrons. The second kappa shape index (κ2) is 11.4. The number of amides is 1. The highest BCUT2D eigenvalue weighted by molar-refractivity contribution is 6.05. The Labute approximate surface area is 245 Å². The highest BCUT2D eigenvalue weighted by Gasteiger charge is 2.36. The first-order valence-corrected chi connectivity index (χ1v) is 13.8. The minimum absolute atomic E-state index is 0.114. The van der Waals surface area contributed by atoms with E-state index in [1.54, 1.807) is 24.3 Å². The maximum Gasteiger partial charge on any atom is 0.419 e. The van der Waals surface area contributed by atoms with Crippen molar-refractivity contribution >= 4 is 28.3 Å². The number of hydrogen-bond acceptors (Lipinski definition) is 6. The van der Waals surface area contributed by atoms with Gasteiger partial charge in [0.25, 0.3) is 5.91 Å². The summed E-state index contributed by atoms with van der Waals surface area (Å²) in [5.74, 6) is 0.0689. The fourth-order valence-corrected chi connectivity index (χ4v) is 5.26. The maximum absolute atomic E-state index is 14.0. The number of halogens is 3. The number of aromatic nitrogens is 3. The van der Waals surface area contributed by atoms with Gasteiger partial charge in [0.05, 0.1) is 11.1 Å².